The molecule has 0 saturated carbocycles. The van der Waals surface area contributed by atoms with Crippen molar-refractivity contribution in [1.82, 2.24) is 0 Å². The van der Waals surface area contributed by atoms with Crippen LogP contribution in [0.4, 0.5) is 5.69 Å². The Bertz CT molecular complexity index is 864. The van der Waals surface area contributed by atoms with Gasteiger partial charge >= 0.3 is 5.97 Å². The maximum absolute atomic E-state index is 12.5. The molecule has 0 unspecified atom stereocenters. The lowest BCUT2D eigenvalue weighted by Gasteiger charge is -2.14. The Labute approximate surface area is 134 Å². The Hall–Kier alpha value is -2.54. The monoisotopic (exact) mass is 335 g/mol. The first-order valence-electron chi connectivity index (χ1n) is 6.79. The van der Waals surface area contributed by atoms with E-state index in [4.69, 9.17) is 5.11 Å². The average molecular weight is 335 g/mol. The lowest BCUT2D eigenvalue weighted by atomic mass is 10.1. The largest absolute Gasteiger partial charge is 0.507 e. The second-order valence-electron chi connectivity index (χ2n) is 5.36. The van der Waals surface area contributed by atoms with E-state index in [0.717, 1.165) is 34.9 Å². The molecule has 0 atom stereocenters. The van der Waals surface area contributed by atoms with Crippen LogP contribution in [-0.4, -0.2) is 24.6 Å². The number of carboxylic acids is 1. The highest BCUT2D eigenvalue weighted by Crippen LogP contribution is 2.27. The molecule has 0 saturated heterocycles. The summed E-state index contributed by atoms with van der Waals surface area (Å²) in [5.41, 5.74) is 2.54. The first-order chi connectivity index (χ1) is 10.6. The van der Waals surface area contributed by atoms with E-state index in [1.807, 2.05) is 19.1 Å². The molecule has 7 heteroatoms. The molecule has 0 radical (unpaired) electrons. The Morgan fingerprint density at radius 3 is 2.13 bits per heavy atom. The molecule has 0 heterocycles. The molecule has 0 aromatic heterocycles. The van der Waals surface area contributed by atoms with Crippen LogP contribution in [0.25, 0.3) is 0 Å². The minimum absolute atomic E-state index is 0.230. The number of carboxylic acid groups (broad SMARTS) is 1. The van der Waals surface area contributed by atoms with Gasteiger partial charge in [-0.3, -0.25) is 4.72 Å². The lowest BCUT2D eigenvalue weighted by molar-refractivity contribution is 0.0693. The fraction of sp³-hybridized carbons (Fsp3) is 0.188. The highest BCUT2D eigenvalue weighted by atomic mass is 32.2. The van der Waals surface area contributed by atoms with Crippen molar-refractivity contribution in [2.24, 2.45) is 0 Å². The lowest BCUT2D eigenvalue weighted by Crippen LogP contribution is -2.15. The number of aromatic carboxylic acids is 1. The number of anilines is 1. The summed E-state index contributed by atoms with van der Waals surface area (Å²) in [4.78, 5) is 10.8. The van der Waals surface area contributed by atoms with E-state index in [2.05, 4.69) is 4.72 Å². The number of aromatic hydroxyl groups is 1. The van der Waals surface area contributed by atoms with Crippen molar-refractivity contribution >= 4 is 21.7 Å². The SMILES string of the molecule is Cc1cc(C)c(NS(=O)(=O)c2ccc(O)c(C(=O)O)c2)c(C)c1. The number of rotatable bonds is 4. The third kappa shape index (κ3) is 3.45. The predicted octanol–water partition coefficient (Wildman–Crippen LogP) is 2.82. The smallest absolute Gasteiger partial charge is 0.339 e. The van der Waals surface area contributed by atoms with Crippen molar-refractivity contribution in [1.29, 1.82) is 0 Å². The van der Waals surface area contributed by atoms with Crippen LogP contribution < -0.4 is 4.72 Å². The second-order valence-corrected chi connectivity index (χ2v) is 7.05. The van der Waals surface area contributed by atoms with Gasteiger partial charge in [0.1, 0.15) is 11.3 Å². The summed E-state index contributed by atoms with van der Waals surface area (Å²) < 4.78 is 27.5. The van der Waals surface area contributed by atoms with Gasteiger partial charge in [0.15, 0.2) is 0 Å². The first kappa shape index (κ1) is 16.8. The third-order valence-electron chi connectivity index (χ3n) is 3.42. The molecule has 0 fully saturated rings. The molecule has 23 heavy (non-hydrogen) atoms. The van der Waals surface area contributed by atoms with Gasteiger partial charge in [0.25, 0.3) is 10.0 Å². The normalized spacial score (nSPS) is 11.3. The van der Waals surface area contributed by atoms with Gasteiger partial charge in [-0.1, -0.05) is 17.7 Å². The summed E-state index contributed by atoms with van der Waals surface area (Å²) in [5, 5.41) is 18.5. The van der Waals surface area contributed by atoms with Crippen molar-refractivity contribution in [2.75, 3.05) is 4.72 Å². The van der Waals surface area contributed by atoms with Crippen LogP contribution in [-0.2, 0) is 10.0 Å². The van der Waals surface area contributed by atoms with E-state index >= 15 is 0 Å². The van der Waals surface area contributed by atoms with E-state index < -0.39 is 27.3 Å². The fourth-order valence-electron chi connectivity index (χ4n) is 2.39. The summed E-state index contributed by atoms with van der Waals surface area (Å²) >= 11 is 0. The van der Waals surface area contributed by atoms with Gasteiger partial charge in [-0.2, -0.15) is 0 Å². The van der Waals surface area contributed by atoms with Crippen LogP contribution in [0.5, 0.6) is 5.75 Å². The highest BCUT2D eigenvalue weighted by molar-refractivity contribution is 7.92. The molecule has 0 amide bonds. The Kier molecular flexibility index (Phi) is 4.33. The molecule has 0 bridgehead atoms. The van der Waals surface area contributed by atoms with E-state index in [-0.39, 0.29) is 4.90 Å². The van der Waals surface area contributed by atoms with Gasteiger partial charge in [0.2, 0.25) is 0 Å². The van der Waals surface area contributed by atoms with Crippen molar-refractivity contribution in [3.8, 4) is 5.75 Å². The summed E-state index contributed by atoms with van der Waals surface area (Å²) in [7, 11) is -3.97. The van der Waals surface area contributed by atoms with Crippen LogP contribution in [0, 0.1) is 20.8 Å². The Morgan fingerprint density at radius 1 is 1.04 bits per heavy atom. The summed E-state index contributed by atoms with van der Waals surface area (Å²) in [6, 6.07) is 6.84. The van der Waals surface area contributed by atoms with Gasteiger partial charge in [-0.15, -0.1) is 0 Å². The standard InChI is InChI=1S/C16H17NO5S/c1-9-6-10(2)15(11(3)7-9)17-23(21,22)12-4-5-14(18)13(8-12)16(19)20/h4-8,17-18H,1-3H3,(H,19,20). The maximum Gasteiger partial charge on any atom is 0.339 e. The van der Waals surface area contributed by atoms with Crippen LogP contribution in [0.3, 0.4) is 0 Å². The number of carbonyl (C=O) groups is 1. The first-order valence-corrected chi connectivity index (χ1v) is 8.27. The van der Waals surface area contributed by atoms with E-state index in [0.29, 0.717) is 5.69 Å². The number of aryl methyl sites for hydroxylation is 3. The van der Waals surface area contributed by atoms with Crippen LogP contribution in [0.15, 0.2) is 35.2 Å². The molecule has 6 nitrogen and oxygen atoms in total. The molecule has 2 aromatic rings. The number of hydrogen-bond acceptors (Lipinski definition) is 4. The quantitative estimate of drug-likeness (QED) is 0.797. The molecule has 0 aliphatic carbocycles. The average Bonchev–Trinajstić information content (AvgIpc) is 2.42. The highest BCUT2D eigenvalue weighted by Gasteiger charge is 2.20. The molecule has 0 aliphatic rings. The van der Waals surface area contributed by atoms with Gasteiger partial charge in [0.05, 0.1) is 10.6 Å². The minimum atomic E-state index is -3.97. The van der Waals surface area contributed by atoms with Crippen LogP contribution in [0.2, 0.25) is 0 Å². The zero-order valence-corrected chi connectivity index (χ0v) is 13.7. The predicted molar refractivity (Wildman–Crippen MR) is 86.5 cm³/mol. The van der Waals surface area contributed by atoms with Gasteiger partial charge in [0, 0.05) is 0 Å². The summed E-state index contributed by atoms with van der Waals surface area (Å²) in [5.74, 6) is -1.89. The number of sulfonamides is 1. The molecule has 2 aromatic carbocycles. The molecule has 3 N–H and O–H groups in total. The van der Waals surface area contributed by atoms with Crippen LogP contribution >= 0.6 is 0 Å². The summed E-state index contributed by atoms with van der Waals surface area (Å²) in [6.07, 6.45) is 0. The second kappa shape index (κ2) is 5.92. The number of phenols is 1. The van der Waals surface area contributed by atoms with Gasteiger partial charge < -0.3 is 10.2 Å². The number of benzene rings is 2. The summed E-state index contributed by atoms with van der Waals surface area (Å²) in [6.45, 7) is 5.49. The van der Waals surface area contributed by atoms with E-state index in [9.17, 15) is 18.3 Å². The Morgan fingerprint density at radius 2 is 1.61 bits per heavy atom. The maximum atomic E-state index is 12.5. The van der Waals surface area contributed by atoms with E-state index in [1.54, 1.807) is 13.8 Å². The van der Waals surface area contributed by atoms with Gasteiger partial charge in [-0.25, -0.2) is 13.2 Å². The molecular weight excluding hydrogens is 318 g/mol. The van der Waals surface area contributed by atoms with Gasteiger partial charge in [-0.05, 0) is 50.1 Å². The van der Waals surface area contributed by atoms with Crippen molar-refractivity contribution in [3.05, 3.63) is 52.6 Å². The molecule has 2 rings (SSSR count). The number of nitrogens with one attached hydrogen (secondary N) is 1. The third-order valence-corrected chi connectivity index (χ3v) is 4.77. The van der Waals surface area contributed by atoms with Crippen LogP contribution in [0.1, 0.15) is 27.0 Å². The van der Waals surface area contributed by atoms with E-state index in [1.165, 1.54) is 0 Å². The van der Waals surface area contributed by atoms with Crippen molar-refractivity contribution in [3.63, 3.8) is 0 Å². The minimum Gasteiger partial charge on any atom is -0.507 e. The topological polar surface area (TPSA) is 104 Å². The van der Waals surface area contributed by atoms with Crippen molar-refractivity contribution < 1.29 is 23.4 Å². The fourth-order valence-corrected chi connectivity index (χ4v) is 3.62. The molecular formula is C16H17NO5S. The zero-order valence-electron chi connectivity index (χ0n) is 12.9. The Balaban J connectivity index is 2.48. The van der Waals surface area contributed by atoms with Crippen molar-refractivity contribution in [2.45, 2.75) is 25.7 Å². The molecule has 0 aliphatic heterocycles. The molecule has 0 spiro atoms. The molecule has 122 valence electrons. The zero-order chi connectivity index (χ0) is 17.4. The number of hydrogen-bond donors (Lipinski definition) is 3.